The van der Waals surface area contributed by atoms with Crippen LogP contribution in [0.15, 0.2) is 47.1 Å². The summed E-state index contributed by atoms with van der Waals surface area (Å²) < 4.78 is 11.3. The fourth-order valence-electron chi connectivity index (χ4n) is 3.29. The molecule has 1 saturated heterocycles. The Hall–Kier alpha value is -3.02. The van der Waals surface area contributed by atoms with Crippen LogP contribution in [-0.4, -0.2) is 42.5 Å². The smallest absolute Gasteiger partial charge is 0.244 e. The van der Waals surface area contributed by atoms with E-state index >= 15 is 0 Å². The Morgan fingerprint density at radius 2 is 2.03 bits per heavy atom. The van der Waals surface area contributed by atoms with Crippen LogP contribution in [0.2, 0.25) is 0 Å². The van der Waals surface area contributed by atoms with E-state index in [1.165, 1.54) is 11.6 Å². The molecule has 0 radical (unpaired) electrons. The molecule has 154 valence electrons. The monoisotopic (exact) mass is 396 g/mol. The maximum absolute atomic E-state index is 12.4. The molecule has 1 fully saturated rings. The van der Waals surface area contributed by atoms with Crippen LogP contribution < -0.4 is 10.1 Å². The molecule has 1 aromatic heterocycles. The molecule has 0 aliphatic carbocycles. The van der Waals surface area contributed by atoms with Crippen molar-refractivity contribution in [1.82, 2.24) is 10.2 Å². The number of carbonyl (C=O) groups excluding carboxylic acids is 2. The Morgan fingerprint density at radius 1 is 1.24 bits per heavy atom. The average Bonchev–Trinajstić information content (AvgIpc) is 3.23. The highest BCUT2D eigenvalue weighted by Crippen LogP contribution is 2.24. The van der Waals surface area contributed by atoms with Crippen molar-refractivity contribution < 1.29 is 18.7 Å². The lowest BCUT2D eigenvalue weighted by Crippen LogP contribution is -2.42. The minimum Gasteiger partial charge on any atom is -0.490 e. The first-order valence-corrected chi connectivity index (χ1v) is 10.0. The van der Waals surface area contributed by atoms with Crippen LogP contribution in [-0.2, 0) is 9.59 Å². The molecule has 6 nitrogen and oxygen atoms in total. The number of benzene rings is 1. The summed E-state index contributed by atoms with van der Waals surface area (Å²) in [4.78, 5) is 26.0. The second-order valence-electron chi connectivity index (χ2n) is 7.36. The lowest BCUT2D eigenvalue weighted by atomic mass is 10.1. The van der Waals surface area contributed by atoms with Crippen molar-refractivity contribution in [3.05, 3.63) is 59.6 Å². The van der Waals surface area contributed by atoms with Gasteiger partial charge in [-0.25, -0.2) is 0 Å². The number of nitrogens with one attached hydrogen (secondary N) is 1. The number of carbonyl (C=O) groups is 2. The first kappa shape index (κ1) is 20.7. The number of nitrogens with zero attached hydrogens (tertiary/aromatic N) is 1. The molecule has 0 atom stereocenters. The van der Waals surface area contributed by atoms with E-state index in [2.05, 4.69) is 30.4 Å². The van der Waals surface area contributed by atoms with Gasteiger partial charge in [-0.05, 0) is 49.2 Å². The topological polar surface area (TPSA) is 71.8 Å². The first-order chi connectivity index (χ1) is 14.0. The maximum Gasteiger partial charge on any atom is 0.244 e. The van der Waals surface area contributed by atoms with E-state index in [1.807, 2.05) is 11.8 Å². The van der Waals surface area contributed by atoms with Crippen LogP contribution in [0.3, 0.4) is 0 Å². The SMILES string of the molecule is Cc1ccc(C)c(OC2CCN(C(=O)CCNC(=O)/C=C/c3ccco3)CC2)c1. The molecule has 29 heavy (non-hydrogen) atoms. The summed E-state index contributed by atoms with van der Waals surface area (Å²) in [6.45, 7) is 5.78. The third-order valence-corrected chi connectivity index (χ3v) is 5.01. The van der Waals surface area contributed by atoms with Crippen molar-refractivity contribution in [2.75, 3.05) is 19.6 Å². The van der Waals surface area contributed by atoms with Crippen molar-refractivity contribution in [2.24, 2.45) is 0 Å². The molecule has 6 heteroatoms. The number of aryl methyl sites for hydroxylation is 2. The van der Waals surface area contributed by atoms with E-state index in [1.54, 1.807) is 24.5 Å². The summed E-state index contributed by atoms with van der Waals surface area (Å²) in [5.41, 5.74) is 2.31. The highest BCUT2D eigenvalue weighted by atomic mass is 16.5. The van der Waals surface area contributed by atoms with Crippen LogP contribution in [0.25, 0.3) is 6.08 Å². The van der Waals surface area contributed by atoms with Gasteiger partial charge in [0.05, 0.1) is 6.26 Å². The van der Waals surface area contributed by atoms with Gasteiger partial charge >= 0.3 is 0 Å². The highest BCUT2D eigenvalue weighted by Gasteiger charge is 2.24. The van der Waals surface area contributed by atoms with Crippen molar-refractivity contribution in [3.63, 3.8) is 0 Å². The van der Waals surface area contributed by atoms with E-state index in [0.29, 0.717) is 31.8 Å². The van der Waals surface area contributed by atoms with Crippen LogP contribution in [0.4, 0.5) is 0 Å². The Balaban J connectivity index is 1.36. The van der Waals surface area contributed by atoms with Gasteiger partial charge in [0.1, 0.15) is 17.6 Å². The minimum atomic E-state index is -0.241. The number of amides is 2. The average molecular weight is 396 g/mol. The standard InChI is InChI=1S/C23H28N2O4/c1-17-5-6-18(2)21(16-17)29-20-10-13-25(14-11-20)23(27)9-12-24-22(26)8-7-19-4-3-15-28-19/h3-8,15-16,20H,9-14H2,1-2H3,(H,24,26)/b8-7+. The number of hydrogen-bond acceptors (Lipinski definition) is 4. The van der Waals surface area contributed by atoms with Crippen molar-refractivity contribution in [2.45, 2.75) is 39.2 Å². The quantitative estimate of drug-likeness (QED) is 0.728. The van der Waals surface area contributed by atoms with Crippen molar-refractivity contribution in [3.8, 4) is 5.75 Å². The first-order valence-electron chi connectivity index (χ1n) is 10.0. The van der Waals surface area contributed by atoms with Gasteiger partial charge in [0.2, 0.25) is 11.8 Å². The van der Waals surface area contributed by atoms with Gasteiger partial charge in [0.15, 0.2) is 0 Å². The number of piperidine rings is 1. The van der Waals surface area contributed by atoms with Gasteiger partial charge in [-0.3, -0.25) is 9.59 Å². The molecule has 2 heterocycles. The second-order valence-corrected chi connectivity index (χ2v) is 7.36. The van der Waals surface area contributed by atoms with E-state index in [-0.39, 0.29) is 17.9 Å². The predicted molar refractivity (Wildman–Crippen MR) is 112 cm³/mol. The van der Waals surface area contributed by atoms with Gasteiger partial charge < -0.3 is 19.4 Å². The summed E-state index contributed by atoms with van der Waals surface area (Å²) in [5.74, 6) is 1.36. The molecule has 0 spiro atoms. The van der Waals surface area contributed by atoms with Gasteiger partial charge in [-0.1, -0.05) is 12.1 Å². The number of furan rings is 1. The Kier molecular flexibility index (Phi) is 7.11. The van der Waals surface area contributed by atoms with Crippen LogP contribution in [0.5, 0.6) is 5.75 Å². The maximum atomic E-state index is 12.4. The lowest BCUT2D eigenvalue weighted by molar-refractivity contribution is -0.132. The van der Waals surface area contributed by atoms with Gasteiger partial charge in [0, 0.05) is 45.0 Å². The molecule has 1 aromatic carbocycles. The fourth-order valence-corrected chi connectivity index (χ4v) is 3.29. The summed E-state index contributed by atoms with van der Waals surface area (Å²) in [6.07, 6.45) is 6.60. The summed E-state index contributed by atoms with van der Waals surface area (Å²) >= 11 is 0. The van der Waals surface area contributed by atoms with Crippen LogP contribution in [0, 0.1) is 13.8 Å². The summed E-state index contributed by atoms with van der Waals surface area (Å²) in [6, 6.07) is 9.74. The molecule has 3 rings (SSSR count). The van der Waals surface area contributed by atoms with E-state index in [4.69, 9.17) is 9.15 Å². The van der Waals surface area contributed by atoms with Gasteiger partial charge in [0.25, 0.3) is 0 Å². The number of rotatable bonds is 7. The normalized spacial score (nSPS) is 14.9. The third-order valence-electron chi connectivity index (χ3n) is 5.01. The van der Waals surface area contributed by atoms with Gasteiger partial charge in [-0.15, -0.1) is 0 Å². The summed E-state index contributed by atoms with van der Waals surface area (Å²) in [5, 5.41) is 2.73. The molecule has 1 N–H and O–H groups in total. The van der Waals surface area contributed by atoms with Gasteiger partial charge in [-0.2, -0.15) is 0 Å². The zero-order valence-electron chi connectivity index (χ0n) is 17.0. The molecule has 1 aliphatic rings. The Bertz CT molecular complexity index is 850. The molecular formula is C23H28N2O4. The van der Waals surface area contributed by atoms with E-state index < -0.39 is 0 Å². The largest absolute Gasteiger partial charge is 0.490 e. The van der Waals surface area contributed by atoms with E-state index in [9.17, 15) is 9.59 Å². The number of likely N-dealkylation sites (tertiary alicyclic amines) is 1. The van der Waals surface area contributed by atoms with Crippen LogP contribution in [0.1, 0.15) is 36.1 Å². The molecule has 0 saturated carbocycles. The zero-order valence-corrected chi connectivity index (χ0v) is 17.0. The van der Waals surface area contributed by atoms with Crippen molar-refractivity contribution in [1.29, 1.82) is 0 Å². The molecule has 2 amide bonds. The van der Waals surface area contributed by atoms with Crippen LogP contribution >= 0.6 is 0 Å². The number of hydrogen-bond donors (Lipinski definition) is 1. The Morgan fingerprint density at radius 3 is 2.76 bits per heavy atom. The third kappa shape index (κ3) is 6.24. The van der Waals surface area contributed by atoms with E-state index in [0.717, 1.165) is 24.2 Å². The molecule has 0 bridgehead atoms. The summed E-state index contributed by atoms with van der Waals surface area (Å²) in [7, 11) is 0. The second kappa shape index (κ2) is 9.96. The molecule has 2 aromatic rings. The fraction of sp³-hybridized carbons (Fsp3) is 0.391. The Labute approximate surface area is 171 Å². The van der Waals surface area contributed by atoms with Crippen molar-refractivity contribution >= 4 is 17.9 Å². The number of ether oxygens (including phenoxy) is 1. The predicted octanol–water partition coefficient (Wildman–Crippen LogP) is 3.49. The lowest BCUT2D eigenvalue weighted by Gasteiger charge is -2.32. The minimum absolute atomic E-state index is 0.0606. The molecule has 0 unspecified atom stereocenters. The zero-order chi connectivity index (χ0) is 20.6. The molecular weight excluding hydrogens is 368 g/mol. The highest BCUT2D eigenvalue weighted by molar-refractivity contribution is 5.91. The molecule has 1 aliphatic heterocycles.